The summed E-state index contributed by atoms with van der Waals surface area (Å²) in [5.41, 5.74) is 0.214. The molecule has 0 N–H and O–H groups in total. The van der Waals surface area contributed by atoms with Crippen LogP contribution in [0.4, 0.5) is 17.6 Å². The average Bonchev–Trinajstić information content (AvgIpc) is 3.09. The van der Waals surface area contributed by atoms with Crippen LogP contribution in [0.3, 0.4) is 0 Å². The summed E-state index contributed by atoms with van der Waals surface area (Å²) in [6.07, 6.45) is -2.18. The van der Waals surface area contributed by atoms with Gasteiger partial charge in [0.25, 0.3) is 11.9 Å². The molecule has 1 atom stereocenters. The zero-order chi connectivity index (χ0) is 20.8. The summed E-state index contributed by atoms with van der Waals surface area (Å²) >= 11 is 0. The van der Waals surface area contributed by atoms with Gasteiger partial charge in [-0.2, -0.15) is 17.9 Å². The van der Waals surface area contributed by atoms with Gasteiger partial charge >= 0.3 is 6.18 Å². The van der Waals surface area contributed by atoms with Gasteiger partial charge in [-0.25, -0.2) is 14.4 Å². The molecular formula is C18H14F4N6O. The van der Waals surface area contributed by atoms with Crippen molar-refractivity contribution in [2.45, 2.75) is 32.1 Å². The molecule has 0 spiro atoms. The highest BCUT2D eigenvalue weighted by molar-refractivity contribution is 5.94. The van der Waals surface area contributed by atoms with Crippen LogP contribution in [0.25, 0.3) is 5.95 Å². The van der Waals surface area contributed by atoms with Crippen molar-refractivity contribution in [3.05, 3.63) is 65.0 Å². The maximum atomic E-state index is 13.0. The van der Waals surface area contributed by atoms with Crippen molar-refractivity contribution in [1.82, 2.24) is 29.9 Å². The number of alkyl halides is 3. The van der Waals surface area contributed by atoms with Crippen molar-refractivity contribution >= 4 is 5.91 Å². The largest absolute Gasteiger partial charge is 0.416 e. The number of nitrogens with zero attached hydrogens (tertiary/aromatic N) is 6. The molecule has 150 valence electrons. The third-order valence-corrected chi connectivity index (χ3v) is 4.68. The van der Waals surface area contributed by atoms with Gasteiger partial charge in [0.15, 0.2) is 5.82 Å². The van der Waals surface area contributed by atoms with Crippen LogP contribution in [0, 0.1) is 5.82 Å². The fourth-order valence-electron chi connectivity index (χ4n) is 3.21. The number of carbonyl (C=O) groups excluding carboxylic acids is 1. The fraction of sp³-hybridized carbons (Fsp3) is 0.278. The monoisotopic (exact) mass is 406 g/mol. The van der Waals surface area contributed by atoms with Crippen LogP contribution in [0.2, 0.25) is 0 Å². The molecule has 0 saturated heterocycles. The molecule has 7 nitrogen and oxygen atoms in total. The second-order valence-electron chi connectivity index (χ2n) is 6.66. The number of aromatic nitrogens is 5. The number of fused-ring (bicyclic) bond motifs is 1. The normalized spacial score (nSPS) is 16.6. The second kappa shape index (κ2) is 6.90. The fourth-order valence-corrected chi connectivity index (χ4v) is 3.21. The molecule has 3 heterocycles. The molecule has 1 aliphatic rings. The lowest BCUT2D eigenvalue weighted by Crippen LogP contribution is -2.43. The molecule has 1 aromatic carbocycles. The minimum atomic E-state index is -4.53. The van der Waals surface area contributed by atoms with Gasteiger partial charge < -0.3 is 4.90 Å². The van der Waals surface area contributed by atoms with E-state index < -0.39 is 23.5 Å². The molecule has 4 rings (SSSR count). The Bertz CT molecular complexity index is 1060. The SMILES string of the molecule is CC1Cc2c(nnn2-c2ncc(F)cn2)CN1C(=O)c1cccc(C(F)(F)F)c1. The lowest BCUT2D eigenvalue weighted by atomic mass is 10.0. The van der Waals surface area contributed by atoms with Crippen molar-refractivity contribution in [2.75, 3.05) is 0 Å². The van der Waals surface area contributed by atoms with E-state index in [2.05, 4.69) is 20.3 Å². The first-order valence-corrected chi connectivity index (χ1v) is 8.63. The summed E-state index contributed by atoms with van der Waals surface area (Å²) < 4.78 is 53.3. The van der Waals surface area contributed by atoms with E-state index in [1.165, 1.54) is 21.7 Å². The predicted octanol–water partition coefficient (Wildman–Crippen LogP) is 2.80. The van der Waals surface area contributed by atoms with E-state index in [4.69, 9.17) is 0 Å². The molecule has 1 amide bonds. The average molecular weight is 406 g/mol. The summed E-state index contributed by atoms with van der Waals surface area (Å²) in [4.78, 5) is 22.0. The van der Waals surface area contributed by atoms with Crippen LogP contribution in [-0.2, 0) is 19.1 Å². The quantitative estimate of drug-likeness (QED) is 0.612. The lowest BCUT2D eigenvalue weighted by molar-refractivity contribution is -0.137. The van der Waals surface area contributed by atoms with Crippen LogP contribution >= 0.6 is 0 Å². The van der Waals surface area contributed by atoms with Gasteiger partial charge in [0.05, 0.1) is 30.2 Å². The van der Waals surface area contributed by atoms with Crippen LogP contribution < -0.4 is 0 Å². The highest BCUT2D eigenvalue weighted by Gasteiger charge is 2.34. The van der Waals surface area contributed by atoms with Gasteiger partial charge in [-0.15, -0.1) is 5.10 Å². The molecule has 0 fully saturated rings. The Labute approximate surface area is 162 Å². The maximum absolute atomic E-state index is 13.0. The Morgan fingerprint density at radius 3 is 2.62 bits per heavy atom. The molecule has 0 saturated carbocycles. The van der Waals surface area contributed by atoms with Crippen LogP contribution in [-0.4, -0.2) is 41.8 Å². The Morgan fingerprint density at radius 2 is 1.93 bits per heavy atom. The molecule has 29 heavy (non-hydrogen) atoms. The second-order valence-corrected chi connectivity index (χ2v) is 6.66. The molecule has 1 aliphatic heterocycles. The highest BCUT2D eigenvalue weighted by atomic mass is 19.4. The molecule has 3 aromatic rings. The van der Waals surface area contributed by atoms with Gasteiger partial charge in [-0.3, -0.25) is 4.79 Å². The number of benzene rings is 1. The van der Waals surface area contributed by atoms with E-state index in [1.54, 1.807) is 6.92 Å². The lowest BCUT2D eigenvalue weighted by Gasteiger charge is -2.33. The molecule has 0 radical (unpaired) electrons. The summed E-state index contributed by atoms with van der Waals surface area (Å²) in [5.74, 6) is -0.971. The predicted molar refractivity (Wildman–Crippen MR) is 91.4 cm³/mol. The summed E-state index contributed by atoms with van der Waals surface area (Å²) in [6, 6.07) is 3.99. The van der Waals surface area contributed by atoms with Gasteiger partial charge in [0.1, 0.15) is 5.69 Å². The van der Waals surface area contributed by atoms with Crippen LogP contribution in [0.15, 0.2) is 36.7 Å². The molecule has 0 aliphatic carbocycles. The first kappa shape index (κ1) is 19.0. The summed E-state index contributed by atoms with van der Waals surface area (Å²) in [5, 5.41) is 8.02. The molecule has 0 bridgehead atoms. The van der Waals surface area contributed by atoms with E-state index in [1.807, 2.05) is 0 Å². The van der Waals surface area contributed by atoms with E-state index >= 15 is 0 Å². The van der Waals surface area contributed by atoms with Gasteiger partial charge in [-0.05, 0) is 25.1 Å². The van der Waals surface area contributed by atoms with Gasteiger partial charge in [-0.1, -0.05) is 11.3 Å². The van der Waals surface area contributed by atoms with Crippen molar-refractivity contribution in [1.29, 1.82) is 0 Å². The summed E-state index contributed by atoms with van der Waals surface area (Å²) in [6.45, 7) is 1.85. The topological polar surface area (TPSA) is 76.8 Å². The third kappa shape index (κ3) is 3.55. The number of hydrogen-bond acceptors (Lipinski definition) is 5. The van der Waals surface area contributed by atoms with Gasteiger partial charge in [0.2, 0.25) is 0 Å². The van der Waals surface area contributed by atoms with Crippen molar-refractivity contribution in [3.8, 4) is 5.95 Å². The minimum absolute atomic E-state index is 0.0515. The summed E-state index contributed by atoms with van der Waals surface area (Å²) in [7, 11) is 0. The van der Waals surface area contributed by atoms with E-state index in [0.717, 1.165) is 24.5 Å². The Kier molecular flexibility index (Phi) is 4.52. The standard InChI is InChI=1S/C18H14F4N6O/c1-10-5-15-14(25-26-28(15)17-23-7-13(19)8-24-17)9-27(10)16(29)11-3-2-4-12(6-11)18(20,21)22/h2-4,6-8,10H,5,9H2,1H3. The third-order valence-electron chi connectivity index (χ3n) is 4.68. The van der Waals surface area contributed by atoms with E-state index in [0.29, 0.717) is 17.8 Å². The smallest absolute Gasteiger partial charge is 0.330 e. The number of hydrogen-bond donors (Lipinski definition) is 0. The van der Waals surface area contributed by atoms with Crippen molar-refractivity contribution in [3.63, 3.8) is 0 Å². The van der Waals surface area contributed by atoms with E-state index in [9.17, 15) is 22.4 Å². The first-order valence-electron chi connectivity index (χ1n) is 8.63. The minimum Gasteiger partial charge on any atom is -0.330 e. The maximum Gasteiger partial charge on any atom is 0.416 e. The van der Waals surface area contributed by atoms with Crippen LogP contribution in [0.5, 0.6) is 0 Å². The number of halogens is 4. The molecule has 1 unspecified atom stereocenters. The first-order chi connectivity index (χ1) is 13.7. The Hall–Kier alpha value is -3.37. The van der Waals surface area contributed by atoms with Crippen LogP contribution in [0.1, 0.15) is 34.2 Å². The van der Waals surface area contributed by atoms with Crippen molar-refractivity contribution < 1.29 is 22.4 Å². The number of rotatable bonds is 2. The van der Waals surface area contributed by atoms with Gasteiger partial charge in [0, 0.05) is 18.0 Å². The molecular weight excluding hydrogens is 392 g/mol. The Balaban J connectivity index is 1.62. The molecule has 11 heteroatoms. The number of carbonyl (C=O) groups is 1. The number of amides is 1. The zero-order valence-electron chi connectivity index (χ0n) is 15.1. The zero-order valence-corrected chi connectivity index (χ0v) is 15.1. The Morgan fingerprint density at radius 1 is 1.21 bits per heavy atom. The van der Waals surface area contributed by atoms with Crippen molar-refractivity contribution in [2.24, 2.45) is 0 Å². The highest BCUT2D eigenvalue weighted by Crippen LogP contribution is 2.31. The molecule has 2 aromatic heterocycles. The van der Waals surface area contributed by atoms with E-state index in [-0.39, 0.29) is 24.1 Å².